The Bertz CT molecular complexity index is 350. The van der Waals surface area contributed by atoms with Crippen molar-refractivity contribution in [1.82, 2.24) is 5.32 Å². The lowest BCUT2D eigenvalue weighted by Crippen LogP contribution is -2.08. The number of para-hydroxylation sites is 1. The van der Waals surface area contributed by atoms with Gasteiger partial charge < -0.3 is 10.1 Å². The third-order valence-electron chi connectivity index (χ3n) is 2.89. The summed E-state index contributed by atoms with van der Waals surface area (Å²) in [5.41, 5.74) is 1.22. The number of ether oxygens (including phenoxy) is 1. The Morgan fingerprint density at radius 1 is 1.44 bits per heavy atom. The quantitative estimate of drug-likeness (QED) is 0.865. The molecule has 0 aromatic heterocycles. The first-order valence-electron chi connectivity index (χ1n) is 5.86. The number of hydrogen-bond acceptors (Lipinski definition) is 2. The van der Waals surface area contributed by atoms with Crippen molar-refractivity contribution in [3.8, 4) is 5.75 Å². The number of nitrogens with one attached hydrogen (secondary N) is 1. The highest BCUT2D eigenvalue weighted by atomic mass is 79.9. The van der Waals surface area contributed by atoms with E-state index in [1.165, 1.54) is 24.8 Å². The second-order valence-corrected chi connectivity index (χ2v) is 5.19. The molecule has 0 aliphatic heterocycles. The molecule has 1 aliphatic carbocycles. The molecule has 1 aliphatic rings. The molecule has 0 saturated heterocycles. The summed E-state index contributed by atoms with van der Waals surface area (Å²) in [7, 11) is 1.95. The molecule has 0 heterocycles. The Morgan fingerprint density at radius 3 is 2.94 bits per heavy atom. The second kappa shape index (κ2) is 5.69. The summed E-state index contributed by atoms with van der Waals surface area (Å²) in [6, 6.07) is 6.18. The molecule has 0 amide bonds. The Morgan fingerprint density at radius 2 is 2.25 bits per heavy atom. The van der Waals surface area contributed by atoms with E-state index >= 15 is 0 Å². The molecule has 1 aromatic carbocycles. The van der Waals surface area contributed by atoms with Crippen LogP contribution in [0.15, 0.2) is 22.7 Å². The molecule has 1 N–H and O–H groups in total. The van der Waals surface area contributed by atoms with Crippen LogP contribution in [-0.2, 0) is 6.54 Å². The number of hydrogen-bond donors (Lipinski definition) is 1. The Hall–Kier alpha value is -0.540. The van der Waals surface area contributed by atoms with Crippen molar-refractivity contribution in [3.63, 3.8) is 0 Å². The highest BCUT2D eigenvalue weighted by molar-refractivity contribution is 9.10. The maximum Gasteiger partial charge on any atom is 0.137 e. The average molecular weight is 284 g/mol. The molecule has 0 radical (unpaired) electrons. The Kier molecular flexibility index (Phi) is 4.24. The van der Waals surface area contributed by atoms with E-state index in [2.05, 4.69) is 27.3 Å². The van der Waals surface area contributed by atoms with Crippen LogP contribution in [0.3, 0.4) is 0 Å². The molecule has 2 nitrogen and oxygen atoms in total. The monoisotopic (exact) mass is 283 g/mol. The van der Waals surface area contributed by atoms with Crippen LogP contribution >= 0.6 is 15.9 Å². The first-order chi connectivity index (χ1) is 7.81. The Labute approximate surface area is 106 Å². The second-order valence-electron chi connectivity index (χ2n) is 4.34. The molecule has 1 aromatic rings. The van der Waals surface area contributed by atoms with Crippen LogP contribution < -0.4 is 10.1 Å². The summed E-state index contributed by atoms with van der Waals surface area (Å²) in [5, 5.41) is 3.16. The van der Waals surface area contributed by atoms with Crippen molar-refractivity contribution in [2.24, 2.45) is 5.92 Å². The van der Waals surface area contributed by atoms with Crippen molar-refractivity contribution < 1.29 is 4.74 Å². The molecule has 0 unspecified atom stereocenters. The average Bonchev–Trinajstić information content (AvgIpc) is 3.06. The van der Waals surface area contributed by atoms with Crippen molar-refractivity contribution in [3.05, 3.63) is 28.2 Å². The molecule has 1 saturated carbocycles. The van der Waals surface area contributed by atoms with E-state index in [-0.39, 0.29) is 0 Å². The van der Waals surface area contributed by atoms with Crippen LogP contribution in [-0.4, -0.2) is 13.7 Å². The molecule has 0 bridgehead atoms. The van der Waals surface area contributed by atoms with Gasteiger partial charge in [0.25, 0.3) is 0 Å². The fourth-order valence-corrected chi connectivity index (χ4v) is 2.30. The standard InChI is InChI=1S/C13H18BrNO/c1-15-9-11-3-2-4-12(14)13(11)16-8-7-10-5-6-10/h2-4,10,15H,5-9H2,1H3. The molecule has 1 fully saturated rings. The summed E-state index contributed by atoms with van der Waals surface area (Å²) >= 11 is 3.55. The van der Waals surface area contributed by atoms with Gasteiger partial charge in [-0.25, -0.2) is 0 Å². The first kappa shape index (κ1) is 11.9. The summed E-state index contributed by atoms with van der Waals surface area (Å²) in [6.45, 7) is 1.68. The largest absolute Gasteiger partial charge is 0.492 e. The van der Waals surface area contributed by atoms with Crippen LogP contribution in [0.4, 0.5) is 0 Å². The molecule has 0 spiro atoms. The van der Waals surface area contributed by atoms with Gasteiger partial charge >= 0.3 is 0 Å². The van der Waals surface area contributed by atoms with Crippen molar-refractivity contribution >= 4 is 15.9 Å². The van der Waals surface area contributed by atoms with Crippen molar-refractivity contribution in [1.29, 1.82) is 0 Å². The molecule has 88 valence electrons. The lowest BCUT2D eigenvalue weighted by atomic mass is 10.2. The van der Waals surface area contributed by atoms with Gasteiger partial charge in [-0.05, 0) is 41.4 Å². The topological polar surface area (TPSA) is 21.3 Å². The van der Waals surface area contributed by atoms with Gasteiger partial charge in [0, 0.05) is 12.1 Å². The van der Waals surface area contributed by atoms with Gasteiger partial charge in [0.15, 0.2) is 0 Å². The van der Waals surface area contributed by atoms with Gasteiger partial charge in [0.2, 0.25) is 0 Å². The number of halogens is 1. The molecular weight excluding hydrogens is 266 g/mol. The number of rotatable bonds is 6. The summed E-state index contributed by atoms with van der Waals surface area (Å²) < 4.78 is 6.94. The molecule has 0 atom stereocenters. The molecule has 2 rings (SSSR count). The van der Waals surface area contributed by atoms with E-state index in [9.17, 15) is 0 Å². The normalized spacial score (nSPS) is 15.1. The SMILES string of the molecule is CNCc1cccc(Br)c1OCCC1CC1. The fraction of sp³-hybridized carbons (Fsp3) is 0.538. The van der Waals surface area contributed by atoms with Crippen LogP contribution in [0.2, 0.25) is 0 Å². The van der Waals surface area contributed by atoms with Gasteiger partial charge in [0.1, 0.15) is 5.75 Å². The minimum atomic E-state index is 0.837. The molecule has 16 heavy (non-hydrogen) atoms. The van der Waals surface area contributed by atoms with Crippen LogP contribution in [0, 0.1) is 5.92 Å². The highest BCUT2D eigenvalue weighted by Crippen LogP contribution is 2.34. The van der Waals surface area contributed by atoms with Crippen molar-refractivity contribution in [2.75, 3.05) is 13.7 Å². The Balaban J connectivity index is 1.97. The predicted molar refractivity (Wildman–Crippen MR) is 69.7 cm³/mol. The van der Waals surface area contributed by atoms with Gasteiger partial charge in [-0.2, -0.15) is 0 Å². The van der Waals surface area contributed by atoms with Gasteiger partial charge in [0.05, 0.1) is 11.1 Å². The van der Waals surface area contributed by atoms with Crippen LogP contribution in [0.5, 0.6) is 5.75 Å². The number of benzene rings is 1. The van der Waals surface area contributed by atoms with E-state index in [4.69, 9.17) is 4.74 Å². The van der Waals surface area contributed by atoms with Crippen LogP contribution in [0.1, 0.15) is 24.8 Å². The predicted octanol–water partition coefficient (Wildman–Crippen LogP) is 3.35. The van der Waals surface area contributed by atoms with Gasteiger partial charge in [-0.3, -0.25) is 0 Å². The lowest BCUT2D eigenvalue weighted by Gasteiger charge is -2.12. The third-order valence-corrected chi connectivity index (χ3v) is 3.51. The maximum absolute atomic E-state index is 5.88. The minimum absolute atomic E-state index is 0.837. The van der Waals surface area contributed by atoms with E-state index < -0.39 is 0 Å². The van der Waals surface area contributed by atoms with Crippen LogP contribution in [0.25, 0.3) is 0 Å². The van der Waals surface area contributed by atoms with E-state index in [0.29, 0.717) is 0 Å². The summed E-state index contributed by atoms with van der Waals surface area (Å²) in [4.78, 5) is 0. The molecular formula is C13H18BrNO. The van der Waals surface area contributed by atoms with E-state index in [1.54, 1.807) is 0 Å². The summed E-state index contributed by atoms with van der Waals surface area (Å²) in [6.07, 6.45) is 3.98. The fourth-order valence-electron chi connectivity index (χ4n) is 1.78. The molecule has 3 heteroatoms. The van der Waals surface area contributed by atoms with E-state index in [0.717, 1.165) is 29.3 Å². The highest BCUT2D eigenvalue weighted by Gasteiger charge is 2.21. The maximum atomic E-state index is 5.88. The smallest absolute Gasteiger partial charge is 0.137 e. The first-order valence-corrected chi connectivity index (χ1v) is 6.65. The lowest BCUT2D eigenvalue weighted by molar-refractivity contribution is 0.297. The van der Waals surface area contributed by atoms with E-state index in [1.807, 2.05) is 19.2 Å². The van der Waals surface area contributed by atoms with Gasteiger partial charge in [-0.15, -0.1) is 0 Å². The van der Waals surface area contributed by atoms with Gasteiger partial charge in [-0.1, -0.05) is 25.0 Å². The summed E-state index contributed by atoms with van der Waals surface area (Å²) in [5.74, 6) is 1.92. The van der Waals surface area contributed by atoms with Crippen molar-refractivity contribution in [2.45, 2.75) is 25.8 Å². The third kappa shape index (κ3) is 3.22. The zero-order valence-electron chi connectivity index (χ0n) is 9.63. The zero-order valence-corrected chi connectivity index (χ0v) is 11.2. The minimum Gasteiger partial charge on any atom is -0.492 e. The zero-order chi connectivity index (χ0) is 11.4.